The summed E-state index contributed by atoms with van der Waals surface area (Å²) in [4.78, 5) is 35.1. The van der Waals surface area contributed by atoms with Crippen LogP contribution in [0.2, 0.25) is 0 Å². The van der Waals surface area contributed by atoms with Gasteiger partial charge in [-0.1, -0.05) is 30.3 Å². The van der Waals surface area contributed by atoms with Crippen LogP contribution in [-0.4, -0.2) is 28.9 Å². The van der Waals surface area contributed by atoms with Gasteiger partial charge in [-0.15, -0.1) is 0 Å². The number of amides is 1. The Bertz CT molecular complexity index is 881. The van der Waals surface area contributed by atoms with Crippen LogP contribution < -0.4 is 10.6 Å². The van der Waals surface area contributed by atoms with Crippen molar-refractivity contribution in [3.8, 4) is 0 Å². The Balaban J connectivity index is 1.75. The van der Waals surface area contributed by atoms with E-state index in [-0.39, 0.29) is 23.2 Å². The van der Waals surface area contributed by atoms with E-state index < -0.39 is 17.0 Å². The van der Waals surface area contributed by atoms with Crippen LogP contribution in [0.25, 0.3) is 0 Å². The Morgan fingerprint density at radius 1 is 1.21 bits per heavy atom. The molecule has 0 heterocycles. The number of nitrogens with zero attached hydrogens (tertiary/aromatic N) is 1. The third kappa shape index (κ3) is 5.06. The number of non-ortho nitro benzene ring substituents is 1. The number of rotatable bonds is 8. The van der Waals surface area contributed by atoms with Crippen molar-refractivity contribution >= 4 is 23.3 Å². The lowest BCUT2D eigenvalue weighted by molar-refractivity contribution is -0.384. The maximum absolute atomic E-state index is 12.6. The minimum Gasteiger partial charge on any atom is -0.449 e. The molecule has 0 unspecified atom stereocenters. The second-order valence-electron chi connectivity index (χ2n) is 6.66. The van der Waals surface area contributed by atoms with E-state index in [9.17, 15) is 19.7 Å². The van der Waals surface area contributed by atoms with Crippen LogP contribution in [0.4, 0.5) is 11.4 Å². The van der Waals surface area contributed by atoms with Crippen LogP contribution in [-0.2, 0) is 16.1 Å². The number of nitro groups is 1. The molecule has 0 spiro atoms. The summed E-state index contributed by atoms with van der Waals surface area (Å²) < 4.78 is 5.24. The van der Waals surface area contributed by atoms with E-state index in [2.05, 4.69) is 10.6 Å². The van der Waals surface area contributed by atoms with Crippen molar-refractivity contribution in [2.45, 2.75) is 38.5 Å². The first-order valence-electron chi connectivity index (χ1n) is 9.01. The molecule has 8 nitrogen and oxygen atoms in total. The molecule has 3 rings (SSSR count). The average molecular weight is 383 g/mol. The van der Waals surface area contributed by atoms with Gasteiger partial charge in [-0.25, -0.2) is 4.79 Å². The number of ether oxygens (including phenoxy) is 1. The van der Waals surface area contributed by atoms with Crippen molar-refractivity contribution in [3.05, 3.63) is 69.8 Å². The van der Waals surface area contributed by atoms with Gasteiger partial charge in [-0.3, -0.25) is 14.9 Å². The topological polar surface area (TPSA) is 111 Å². The Morgan fingerprint density at radius 3 is 2.57 bits per heavy atom. The van der Waals surface area contributed by atoms with Gasteiger partial charge in [-0.05, 0) is 31.4 Å². The Morgan fingerprint density at radius 2 is 1.93 bits per heavy atom. The van der Waals surface area contributed by atoms with Gasteiger partial charge >= 0.3 is 5.97 Å². The molecule has 1 aliphatic rings. The number of carbonyl (C=O) groups excluding carboxylic acids is 2. The van der Waals surface area contributed by atoms with Crippen molar-refractivity contribution < 1.29 is 19.2 Å². The van der Waals surface area contributed by atoms with Crippen LogP contribution in [0.3, 0.4) is 0 Å². The molecule has 8 heteroatoms. The molecule has 1 fully saturated rings. The van der Waals surface area contributed by atoms with E-state index in [0.717, 1.165) is 24.5 Å². The van der Waals surface area contributed by atoms with E-state index in [4.69, 9.17) is 4.74 Å². The minimum atomic E-state index is -0.991. The number of carbonyl (C=O) groups is 2. The summed E-state index contributed by atoms with van der Waals surface area (Å²) in [6.45, 7) is 1.90. The summed E-state index contributed by atoms with van der Waals surface area (Å²) in [6.07, 6.45) is 0.852. The average Bonchev–Trinajstić information content (AvgIpc) is 3.50. The summed E-state index contributed by atoms with van der Waals surface area (Å²) in [6, 6.07) is 13.6. The number of esters is 1. The second-order valence-corrected chi connectivity index (χ2v) is 6.66. The molecular weight excluding hydrogens is 362 g/mol. The normalized spacial score (nSPS) is 14.0. The Kier molecular flexibility index (Phi) is 5.88. The molecule has 0 bridgehead atoms. The Hall–Kier alpha value is -3.42. The highest BCUT2D eigenvalue weighted by Gasteiger charge is 2.28. The number of anilines is 1. The zero-order chi connectivity index (χ0) is 20.1. The van der Waals surface area contributed by atoms with Gasteiger partial charge < -0.3 is 15.4 Å². The fraction of sp³-hybridized carbons (Fsp3) is 0.300. The quantitative estimate of drug-likeness (QED) is 0.412. The molecule has 1 aliphatic carbocycles. The summed E-state index contributed by atoms with van der Waals surface area (Å²) in [5.74, 6) is -1.17. The number of hydrogen-bond donors (Lipinski definition) is 2. The smallest absolute Gasteiger partial charge is 0.341 e. The molecule has 0 saturated heterocycles. The standard InChI is InChI=1S/C20H21N3O5/c1-13(19(24)22-15-7-8-15)28-20(25)17-11-16(23(26)27)9-10-18(17)21-12-14-5-3-2-4-6-14/h2-6,9-11,13,15,21H,7-8,12H2,1H3,(H,22,24)/t13-/m0/s1. The first-order chi connectivity index (χ1) is 13.4. The maximum atomic E-state index is 12.6. The van der Waals surface area contributed by atoms with Crippen molar-refractivity contribution in [3.63, 3.8) is 0 Å². The van der Waals surface area contributed by atoms with Crippen LogP contribution in [0, 0.1) is 10.1 Å². The van der Waals surface area contributed by atoms with Gasteiger partial charge in [0.15, 0.2) is 6.10 Å². The van der Waals surface area contributed by atoms with Gasteiger partial charge in [0.2, 0.25) is 0 Å². The highest BCUT2D eigenvalue weighted by atomic mass is 16.6. The van der Waals surface area contributed by atoms with Crippen molar-refractivity contribution in [1.29, 1.82) is 0 Å². The zero-order valence-electron chi connectivity index (χ0n) is 15.4. The lowest BCUT2D eigenvalue weighted by atomic mass is 10.1. The van der Waals surface area contributed by atoms with Gasteiger partial charge in [-0.2, -0.15) is 0 Å². The maximum Gasteiger partial charge on any atom is 0.341 e. The van der Waals surface area contributed by atoms with Gasteiger partial charge in [0.05, 0.1) is 10.5 Å². The van der Waals surface area contributed by atoms with E-state index in [1.807, 2.05) is 30.3 Å². The molecule has 2 N–H and O–H groups in total. The highest BCUT2D eigenvalue weighted by molar-refractivity contribution is 5.98. The van der Waals surface area contributed by atoms with E-state index in [1.54, 1.807) is 0 Å². The molecule has 2 aromatic carbocycles. The van der Waals surface area contributed by atoms with Crippen molar-refractivity contribution in [1.82, 2.24) is 5.32 Å². The van der Waals surface area contributed by atoms with E-state index >= 15 is 0 Å². The molecule has 28 heavy (non-hydrogen) atoms. The zero-order valence-corrected chi connectivity index (χ0v) is 15.4. The van der Waals surface area contributed by atoms with Crippen molar-refractivity contribution in [2.75, 3.05) is 5.32 Å². The molecule has 146 valence electrons. The van der Waals surface area contributed by atoms with Crippen molar-refractivity contribution in [2.24, 2.45) is 0 Å². The number of nitro benzene ring substituents is 1. The summed E-state index contributed by atoms with van der Waals surface area (Å²) in [5, 5.41) is 17.0. The lowest BCUT2D eigenvalue weighted by Gasteiger charge is -2.15. The summed E-state index contributed by atoms with van der Waals surface area (Å²) >= 11 is 0. The van der Waals surface area contributed by atoms with Crippen LogP contribution in [0.5, 0.6) is 0 Å². The molecule has 1 atom stereocenters. The number of hydrogen-bond acceptors (Lipinski definition) is 6. The van der Waals surface area contributed by atoms with E-state index in [1.165, 1.54) is 19.1 Å². The minimum absolute atomic E-state index is 0.0104. The SMILES string of the molecule is C[C@H](OC(=O)c1cc([N+](=O)[O-])ccc1NCc1ccccc1)C(=O)NC1CC1. The third-order valence-corrected chi connectivity index (χ3v) is 4.34. The Labute approximate surface area is 162 Å². The molecule has 0 radical (unpaired) electrons. The molecule has 1 saturated carbocycles. The lowest BCUT2D eigenvalue weighted by Crippen LogP contribution is -2.37. The predicted molar refractivity (Wildman–Crippen MR) is 103 cm³/mol. The molecule has 0 aromatic heterocycles. The van der Waals surface area contributed by atoms with E-state index in [0.29, 0.717) is 12.2 Å². The predicted octanol–water partition coefficient (Wildman–Crippen LogP) is 3.03. The third-order valence-electron chi connectivity index (χ3n) is 4.34. The molecule has 1 amide bonds. The summed E-state index contributed by atoms with van der Waals surface area (Å²) in [7, 11) is 0. The number of nitrogens with one attached hydrogen (secondary N) is 2. The first kappa shape index (κ1) is 19.3. The molecule has 2 aromatic rings. The van der Waals surface area contributed by atoms with Crippen LogP contribution >= 0.6 is 0 Å². The van der Waals surface area contributed by atoms with Gasteiger partial charge in [0.25, 0.3) is 11.6 Å². The fourth-order valence-electron chi connectivity index (χ4n) is 2.59. The fourth-order valence-corrected chi connectivity index (χ4v) is 2.59. The van der Waals surface area contributed by atoms with Gasteiger partial charge in [0.1, 0.15) is 0 Å². The highest BCUT2D eigenvalue weighted by Crippen LogP contribution is 2.24. The second kappa shape index (κ2) is 8.51. The summed E-state index contributed by atoms with van der Waals surface area (Å²) in [5.41, 5.74) is 1.16. The molecular formula is C20H21N3O5. The largest absolute Gasteiger partial charge is 0.449 e. The van der Waals surface area contributed by atoms with Crippen LogP contribution in [0.1, 0.15) is 35.7 Å². The monoisotopic (exact) mass is 383 g/mol. The molecule has 0 aliphatic heterocycles. The number of benzene rings is 2. The first-order valence-corrected chi connectivity index (χ1v) is 9.01. The van der Waals surface area contributed by atoms with Crippen LogP contribution in [0.15, 0.2) is 48.5 Å². The van der Waals surface area contributed by atoms with Gasteiger partial charge in [0, 0.05) is 30.4 Å².